The van der Waals surface area contributed by atoms with E-state index in [1.807, 2.05) is 0 Å². The van der Waals surface area contributed by atoms with E-state index in [0.717, 1.165) is 0 Å². The molecule has 2 aliphatic heterocycles. The molecule has 0 saturated carbocycles. The SMILES string of the molecule is CCO[C@H]1OC(=O)[C@@H]2C(c3ccc(F)cc3)=NO[C@H]12. The number of nitrogens with zero attached hydrogens (tertiary/aromatic N) is 1. The van der Waals surface area contributed by atoms with E-state index in [2.05, 4.69) is 5.16 Å². The van der Waals surface area contributed by atoms with Gasteiger partial charge in [0.1, 0.15) is 17.4 Å². The van der Waals surface area contributed by atoms with Crippen molar-refractivity contribution in [3.8, 4) is 0 Å². The fourth-order valence-corrected chi connectivity index (χ4v) is 2.24. The van der Waals surface area contributed by atoms with Gasteiger partial charge in [0, 0.05) is 12.2 Å². The third-order valence-electron chi connectivity index (χ3n) is 3.12. The standard InChI is InChI=1S/C13H12FNO4/c1-2-17-13-11-9(12(16)18-13)10(15-19-11)7-3-5-8(14)6-4-7/h3-6,9,11,13H,2H2,1H3/t9-,11+,13+/m1/s1. The van der Waals surface area contributed by atoms with Gasteiger partial charge in [0.2, 0.25) is 12.4 Å². The molecular weight excluding hydrogens is 253 g/mol. The fraction of sp³-hybridized carbons (Fsp3) is 0.385. The van der Waals surface area contributed by atoms with E-state index in [9.17, 15) is 9.18 Å². The third kappa shape index (κ3) is 1.98. The van der Waals surface area contributed by atoms with Crippen LogP contribution in [0.4, 0.5) is 4.39 Å². The summed E-state index contributed by atoms with van der Waals surface area (Å²) in [5.41, 5.74) is 1.10. The summed E-state index contributed by atoms with van der Waals surface area (Å²) >= 11 is 0. The van der Waals surface area contributed by atoms with Gasteiger partial charge >= 0.3 is 5.97 Å². The number of carbonyl (C=O) groups excluding carboxylic acids is 1. The minimum atomic E-state index is -0.732. The summed E-state index contributed by atoms with van der Waals surface area (Å²) in [4.78, 5) is 17.1. The molecule has 0 aliphatic carbocycles. The second kappa shape index (κ2) is 4.62. The van der Waals surface area contributed by atoms with Crippen LogP contribution in [0.15, 0.2) is 29.4 Å². The molecule has 0 N–H and O–H groups in total. The molecule has 1 fully saturated rings. The van der Waals surface area contributed by atoms with Gasteiger partial charge in [0.05, 0.1) is 0 Å². The van der Waals surface area contributed by atoms with E-state index in [-0.39, 0.29) is 5.82 Å². The van der Waals surface area contributed by atoms with E-state index in [4.69, 9.17) is 14.3 Å². The number of oxime groups is 1. The van der Waals surface area contributed by atoms with Gasteiger partial charge in [0.25, 0.3) is 0 Å². The van der Waals surface area contributed by atoms with Crippen molar-refractivity contribution in [1.82, 2.24) is 0 Å². The number of carbonyl (C=O) groups is 1. The zero-order chi connectivity index (χ0) is 13.4. The highest BCUT2D eigenvalue weighted by Crippen LogP contribution is 2.34. The van der Waals surface area contributed by atoms with Gasteiger partial charge < -0.3 is 14.3 Å². The minimum absolute atomic E-state index is 0.346. The number of halogens is 1. The van der Waals surface area contributed by atoms with Crippen LogP contribution in [0, 0.1) is 11.7 Å². The van der Waals surface area contributed by atoms with Gasteiger partial charge in [0.15, 0.2) is 0 Å². The fourth-order valence-electron chi connectivity index (χ4n) is 2.24. The highest BCUT2D eigenvalue weighted by atomic mass is 19.1. The number of hydrogen-bond donors (Lipinski definition) is 0. The first-order chi connectivity index (χ1) is 9.20. The van der Waals surface area contributed by atoms with Crippen molar-refractivity contribution in [2.24, 2.45) is 11.1 Å². The molecule has 5 nitrogen and oxygen atoms in total. The van der Waals surface area contributed by atoms with Gasteiger partial charge in [-0.2, -0.15) is 0 Å². The maximum absolute atomic E-state index is 12.9. The molecule has 19 heavy (non-hydrogen) atoms. The Balaban J connectivity index is 1.86. The van der Waals surface area contributed by atoms with E-state index in [0.29, 0.717) is 17.9 Å². The second-order valence-corrected chi connectivity index (χ2v) is 4.29. The topological polar surface area (TPSA) is 57.1 Å². The van der Waals surface area contributed by atoms with Crippen LogP contribution in [0.5, 0.6) is 0 Å². The van der Waals surface area contributed by atoms with Crippen molar-refractivity contribution < 1.29 is 23.5 Å². The predicted octanol–water partition coefficient (Wildman–Crippen LogP) is 1.46. The van der Waals surface area contributed by atoms with Crippen molar-refractivity contribution in [3.63, 3.8) is 0 Å². The second-order valence-electron chi connectivity index (χ2n) is 4.29. The van der Waals surface area contributed by atoms with Crippen LogP contribution in [0.25, 0.3) is 0 Å². The molecule has 0 radical (unpaired) electrons. The molecule has 3 rings (SSSR count). The van der Waals surface area contributed by atoms with Crippen molar-refractivity contribution in [2.45, 2.75) is 19.3 Å². The molecule has 0 aromatic heterocycles. The van der Waals surface area contributed by atoms with Gasteiger partial charge in [-0.15, -0.1) is 0 Å². The first-order valence-corrected chi connectivity index (χ1v) is 6.02. The first-order valence-electron chi connectivity index (χ1n) is 6.02. The number of hydrogen-bond acceptors (Lipinski definition) is 5. The lowest BCUT2D eigenvalue weighted by atomic mass is 9.94. The third-order valence-corrected chi connectivity index (χ3v) is 3.12. The Labute approximate surface area is 108 Å². The summed E-state index contributed by atoms with van der Waals surface area (Å²) in [7, 11) is 0. The molecule has 0 unspecified atom stereocenters. The number of ether oxygens (including phenoxy) is 2. The Morgan fingerprint density at radius 2 is 2.11 bits per heavy atom. The zero-order valence-electron chi connectivity index (χ0n) is 10.2. The lowest BCUT2D eigenvalue weighted by molar-refractivity contribution is -0.177. The van der Waals surface area contributed by atoms with Gasteiger partial charge in [-0.1, -0.05) is 17.3 Å². The molecule has 3 atom stereocenters. The number of esters is 1. The zero-order valence-corrected chi connectivity index (χ0v) is 10.2. The highest BCUT2D eigenvalue weighted by molar-refractivity contribution is 6.13. The minimum Gasteiger partial charge on any atom is -0.431 e. The summed E-state index contributed by atoms with van der Waals surface area (Å²) < 4.78 is 23.3. The van der Waals surface area contributed by atoms with E-state index < -0.39 is 24.3 Å². The quantitative estimate of drug-likeness (QED) is 0.776. The summed E-state index contributed by atoms with van der Waals surface area (Å²) in [6.45, 7) is 2.22. The average Bonchev–Trinajstić information content (AvgIpc) is 2.94. The Hall–Kier alpha value is -1.95. The maximum atomic E-state index is 12.9. The molecule has 1 aromatic rings. The molecule has 0 bridgehead atoms. The first kappa shape index (κ1) is 12.1. The van der Waals surface area contributed by atoms with Crippen molar-refractivity contribution in [2.75, 3.05) is 6.61 Å². The van der Waals surface area contributed by atoms with Crippen molar-refractivity contribution >= 4 is 11.7 Å². The van der Waals surface area contributed by atoms with Crippen LogP contribution in [0.3, 0.4) is 0 Å². The Morgan fingerprint density at radius 3 is 2.79 bits per heavy atom. The van der Waals surface area contributed by atoms with E-state index in [1.54, 1.807) is 19.1 Å². The summed E-state index contributed by atoms with van der Waals surface area (Å²) in [5, 5.41) is 3.92. The van der Waals surface area contributed by atoms with Crippen LogP contribution < -0.4 is 0 Å². The van der Waals surface area contributed by atoms with E-state index >= 15 is 0 Å². The largest absolute Gasteiger partial charge is 0.431 e. The number of benzene rings is 1. The van der Waals surface area contributed by atoms with Gasteiger partial charge in [-0.3, -0.25) is 4.79 Å². The summed E-state index contributed by atoms with van der Waals surface area (Å²) in [6, 6.07) is 5.74. The molecule has 1 saturated heterocycles. The Morgan fingerprint density at radius 1 is 1.37 bits per heavy atom. The predicted molar refractivity (Wildman–Crippen MR) is 62.8 cm³/mol. The van der Waals surface area contributed by atoms with Gasteiger partial charge in [-0.25, -0.2) is 4.39 Å². The van der Waals surface area contributed by atoms with Crippen LogP contribution in [0.1, 0.15) is 12.5 Å². The lowest BCUT2D eigenvalue weighted by Crippen LogP contribution is -2.30. The number of fused-ring (bicyclic) bond motifs is 1. The normalized spacial score (nSPS) is 28.6. The van der Waals surface area contributed by atoms with Crippen LogP contribution in [-0.4, -0.2) is 30.7 Å². The molecule has 2 heterocycles. The smallest absolute Gasteiger partial charge is 0.321 e. The van der Waals surface area contributed by atoms with Crippen molar-refractivity contribution in [3.05, 3.63) is 35.6 Å². The van der Waals surface area contributed by atoms with Crippen LogP contribution >= 0.6 is 0 Å². The molecule has 0 amide bonds. The summed E-state index contributed by atoms with van der Waals surface area (Å²) in [5.74, 6) is -1.38. The molecular formula is C13H12FNO4. The Kier molecular flexibility index (Phi) is 2.94. The maximum Gasteiger partial charge on any atom is 0.321 e. The van der Waals surface area contributed by atoms with E-state index in [1.165, 1.54) is 12.1 Å². The van der Waals surface area contributed by atoms with Crippen molar-refractivity contribution in [1.29, 1.82) is 0 Å². The molecule has 2 aliphatic rings. The summed E-state index contributed by atoms with van der Waals surface area (Å²) in [6.07, 6.45) is -1.29. The molecule has 1 aromatic carbocycles. The van der Waals surface area contributed by atoms with Gasteiger partial charge in [-0.05, 0) is 19.1 Å². The lowest BCUT2D eigenvalue weighted by Gasteiger charge is -2.13. The highest BCUT2D eigenvalue weighted by Gasteiger charge is 2.54. The monoisotopic (exact) mass is 265 g/mol. The van der Waals surface area contributed by atoms with Crippen LogP contribution in [-0.2, 0) is 19.1 Å². The Bertz CT molecular complexity index is 528. The molecule has 6 heteroatoms. The molecule has 100 valence electrons. The average molecular weight is 265 g/mol. The van der Waals surface area contributed by atoms with Crippen LogP contribution in [0.2, 0.25) is 0 Å². The molecule has 0 spiro atoms. The number of cyclic esters (lactones) is 1. The number of rotatable bonds is 3.